The summed E-state index contributed by atoms with van der Waals surface area (Å²) >= 11 is 0. The maximum absolute atomic E-state index is 13.3. The zero-order valence-corrected chi connectivity index (χ0v) is 17.8. The lowest BCUT2D eigenvalue weighted by molar-refractivity contribution is -0.137. The molecule has 2 fully saturated rings. The van der Waals surface area contributed by atoms with Crippen molar-refractivity contribution in [2.75, 3.05) is 16.6 Å². The summed E-state index contributed by atoms with van der Waals surface area (Å²) in [4.78, 5) is 14.9. The number of amides is 1. The lowest BCUT2D eigenvalue weighted by atomic mass is 10.0. The fraction of sp³-hybridized carbons (Fsp3) is 0.409. The molecule has 1 heterocycles. The summed E-state index contributed by atoms with van der Waals surface area (Å²) in [5, 5.41) is 0. The van der Waals surface area contributed by atoms with Crippen LogP contribution in [0.1, 0.15) is 53.7 Å². The Morgan fingerprint density at radius 1 is 1.13 bits per heavy atom. The van der Waals surface area contributed by atoms with Crippen LogP contribution in [-0.2, 0) is 16.2 Å². The van der Waals surface area contributed by atoms with E-state index in [9.17, 15) is 26.4 Å². The third-order valence-corrected chi connectivity index (χ3v) is 7.66. The van der Waals surface area contributed by atoms with Gasteiger partial charge in [-0.2, -0.15) is 13.2 Å². The summed E-state index contributed by atoms with van der Waals surface area (Å²) in [7, 11) is -3.31. The van der Waals surface area contributed by atoms with Crippen LogP contribution in [0, 0.1) is 0 Å². The van der Waals surface area contributed by atoms with Crippen LogP contribution in [0.3, 0.4) is 0 Å². The van der Waals surface area contributed by atoms with E-state index >= 15 is 0 Å². The highest BCUT2D eigenvalue weighted by Crippen LogP contribution is 2.38. The maximum atomic E-state index is 13.3. The van der Waals surface area contributed by atoms with E-state index in [0.29, 0.717) is 29.8 Å². The fourth-order valence-corrected chi connectivity index (χ4v) is 5.56. The molecule has 0 N–H and O–H groups in total. The quantitative estimate of drug-likeness (QED) is 0.666. The molecule has 1 saturated heterocycles. The highest BCUT2D eigenvalue weighted by Gasteiger charge is 2.38. The second-order valence-corrected chi connectivity index (χ2v) is 10.0. The first-order chi connectivity index (χ1) is 14.6. The molecule has 2 aliphatic rings. The number of benzene rings is 2. The molecule has 31 heavy (non-hydrogen) atoms. The molecule has 2 aromatic rings. The Bertz CT molecular complexity index is 1080. The lowest BCUT2D eigenvalue weighted by Crippen LogP contribution is -2.35. The molecule has 0 spiro atoms. The predicted molar refractivity (Wildman–Crippen MR) is 111 cm³/mol. The van der Waals surface area contributed by atoms with Crippen molar-refractivity contribution in [3.8, 4) is 0 Å². The normalized spacial score (nSPS) is 19.3. The van der Waals surface area contributed by atoms with Crippen LogP contribution < -0.4 is 4.31 Å². The van der Waals surface area contributed by atoms with E-state index < -0.39 is 27.8 Å². The van der Waals surface area contributed by atoms with Gasteiger partial charge in [-0.3, -0.25) is 9.10 Å². The van der Waals surface area contributed by atoms with Crippen molar-refractivity contribution < 1.29 is 26.4 Å². The molecule has 1 aliphatic heterocycles. The Morgan fingerprint density at radius 3 is 2.35 bits per heavy atom. The van der Waals surface area contributed by atoms with E-state index in [2.05, 4.69) is 0 Å². The first kappa shape index (κ1) is 21.7. The first-order valence-corrected chi connectivity index (χ1v) is 11.8. The molecular formula is C22H23F3N2O3S. The highest BCUT2D eigenvalue weighted by molar-refractivity contribution is 7.93. The van der Waals surface area contributed by atoms with Crippen molar-refractivity contribution in [1.82, 2.24) is 4.90 Å². The number of anilines is 1. The smallest absolute Gasteiger partial charge is 0.329 e. The monoisotopic (exact) mass is 452 g/mol. The second kappa shape index (κ2) is 7.85. The molecule has 166 valence electrons. The van der Waals surface area contributed by atoms with Crippen LogP contribution in [0.5, 0.6) is 0 Å². The van der Waals surface area contributed by atoms with E-state index in [1.807, 2.05) is 0 Å². The van der Waals surface area contributed by atoms with Gasteiger partial charge in [0.25, 0.3) is 5.91 Å². The van der Waals surface area contributed by atoms with E-state index in [-0.39, 0.29) is 17.7 Å². The number of carbonyl (C=O) groups is 1. The maximum Gasteiger partial charge on any atom is 0.416 e. The number of carbonyl (C=O) groups excluding carboxylic acids is 1. The number of nitrogens with zero attached hydrogens (tertiary/aromatic N) is 2. The van der Waals surface area contributed by atoms with Crippen molar-refractivity contribution in [1.29, 1.82) is 0 Å². The molecule has 5 nitrogen and oxygen atoms in total. The second-order valence-electron chi connectivity index (χ2n) is 8.03. The van der Waals surface area contributed by atoms with Crippen LogP contribution in [0.2, 0.25) is 0 Å². The Hall–Kier alpha value is -2.55. The number of rotatable bonds is 5. The van der Waals surface area contributed by atoms with Crippen LogP contribution in [0.15, 0.2) is 48.5 Å². The van der Waals surface area contributed by atoms with Gasteiger partial charge in [-0.05, 0) is 68.1 Å². The minimum Gasteiger partial charge on any atom is -0.329 e. The summed E-state index contributed by atoms with van der Waals surface area (Å²) in [6.45, 7) is 2.15. The van der Waals surface area contributed by atoms with Crippen molar-refractivity contribution in [2.45, 2.75) is 44.4 Å². The minimum absolute atomic E-state index is 0.0179. The third kappa shape index (κ3) is 4.42. The van der Waals surface area contributed by atoms with Gasteiger partial charge in [-0.15, -0.1) is 0 Å². The Balaban J connectivity index is 1.58. The molecule has 1 amide bonds. The van der Waals surface area contributed by atoms with E-state index in [0.717, 1.165) is 25.0 Å². The molecule has 4 rings (SSSR count). The number of halogens is 3. The molecule has 0 aromatic heterocycles. The van der Waals surface area contributed by atoms with Crippen LogP contribution in [0.25, 0.3) is 0 Å². The molecule has 9 heteroatoms. The molecule has 0 bridgehead atoms. The molecule has 1 atom stereocenters. The van der Waals surface area contributed by atoms with Gasteiger partial charge >= 0.3 is 6.18 Å². The third-order valence-electron chi connectivity index (χ3n) is 5.79. The van der Waals surface area contributed by atoms with Crippen LogP contribution >= 0.6 is 0 Å². The average molecular weight is 452 g/mol. The predicted octanol–water partition coefficient (Wildman–Crippen LogP) is 4.61. The van der Waals surface area contributed by atoms with Gasteiger partial charge in [-0.25, -0.2) is 8.42 Å². The van der Waals surface area contributed by atoms with Crippen molar-refractivity contribution in [3.63, 3.8) is 0 Å². The van der Waals surface area contributed by atoms with Crippen molar-refractivity contribution in [3.05, 3.63) is 65.2 Å². The highest BCUT2D eigenvalue weighted by atomic mass is 32.2. The summed E-state index contributed by atoms with van der Waals surface area (Å²) in [5.74, 6) is -0.166. The van der Waals surface area contributed by atoms with E-state index in [4.69, 9.17) is 0 Å². The van der Waals surface area contributed by atoms with Crippen LogP contribution in [0.4, 0.5) is 18.9 Å². The van der Waals surface area contributed by atoms with Gasteiger partial charge in [0.1, 0.15) is 0 Å². The number of sulfonamides is 1. The van der Waals surface area contributed by atoms with Gasteiger partial charge in [0.2, 0.25) is 10.0 Å². The molecule has 1 saturated carbocycles. The molecule has 0 radical (unpaired) electrons. The Morgan fingerprint density at radius 2 is 1.81 bits per heavy atom. The summed E-state index contributed by atoms with van der Waals surface area (Å²) < 4.78 is 64.9. The lowest BCUT2D eigenvalue weighted by Gasteiger charge is -2.30. The van der Waals surface area contributed by atoms with Gasteiger partial charge in [-0.1, -0.05) is 12.1 Å². The largest absolute Gasteiger partial charge is 0.416 e. The molecular weight excluding hydrogens is 429 g/mol. The molecule has 1 unspecified atom stereocenters. The fourth-order valence-electron chi connectivity index (χ4n) is 3.99. The first-order valence-electron chi connectivity index (χ1n) is 10.2. The summed E-state index contributed by atoms with van der Waals surface area (Å²) in [6.07, 6.45) is -2.28. The molecule has 2 aromatic carbocycles. The van der Waals surface area contributed by atoms with Gasteiger partial charge in [0.15, 0.2) is 0 Å². The standard InChI is InChI=1S/C22H23F3N2O3S/c1-15(17-4-2-5-18(14-17)22(23,24)25)27(20-10-11-20)21(28)16-6-8-19(9-7-16)26-12-3-13-31(26,29)30/h2,4-9,14-15,20H,3,10-13H2,1H3. The Labute approximate surface area is 179 Å². The number of alkyl halides is 3. The van der Waals surface area contributed by atoms with E-state index in [1.165, 1.54) is 10.4 Å². The van der Waals surface area contributed by atoms with Gasteiger partial charge in [0.05, 0.1) is 23.0 Å². The van der Waals surface area contributed by atoms with Crippen molar-refractivity contribution >= 4 is 21.6 Å². The Kier molecular flexibility index (Phi) is 5.49. The average Bonchev–Trinajstić information content (AvgIpc) is 3.49. The molecule has 1 aliphatic carbocycles. The zero-order valence-electron chi connectivity index (χ0n) is 17.0. The van der Waals surface area contributed by atoms with E-state index in [1.54, 1.807) is 42.2 Å². The zero-order chi connectivity index (χ0) is 22.4. The van der Waals surface area contributed by atoms with Gasteiger partial charge in [0, 0.05) is 18.2 Å². The number of hydrogen-bond donors (Lipinski definition) is 0. The minimum atomic E-state index is -4.45. The summed E-state index contributed by atoms with van der Waals surface area (Å²) in [5.41, 5.74) is 0.579. The topological polar surface area (TPSA) is 57.7 Å². The number of hydrogen-bond acceptors (Lipinski definition) is 3. The van der Waals surface area contributed by atoms with Crippen LogP contribution in [-0.4, -0.2) is 37.6 Å². The van der Waals surface area contributed by atoms with Crippen molar-refractivity contribution in [2.24, 2.45) is 0 Å². The SMILES string of the molecule is CC(c1cccc(C(F)(F)F)c1)N(C(=O)c1ccc(N2CCCS2(=O)=O)cc1)C1CC1. The van der Waals surface area contributed by atoms with Gasteiger partial charge < -0.3 is 4.90 Å². The summed E-state index contributed by atoms with van der Waals surface area (Å²) in [6, 6.07) is 10.9.